The van der Waals surface area contributed by atoms with E-state index in [0.717, 1.165) is 42.8 Å². The van der Waals surface area contributed by atoms with Crippen LogP contribution < -0.4 is 24.8 Å². The SMILES string of the molecule is CCCCOc1ccc(C(=O)NCc2nnc(SCC(=O)Nc3cc(C(F)(F)F)ccc3Cl)n2-c2cc(OC)ccc2OC)cc1. The van der Waals surface area contributed by atoms with Gasteiger partial charge < -0.3 is 24.8 Å². The molecular weight excluding hydrogens is 647 g/mol. The number of aromatic nitrogens is 3. The van der Waals surface area contributed by atoms with Gasteiger partial charge in [-0.15, -0.1) is 10.2 Å². The summed E-state index contributed by atoms with van der Waals surface area (Å²) in [6.45, 7) is 2.61. The number of halogens is 4. The minimum absolute atomic E-state index is 0.0481. The quantitative estimate of drug-likeness (QED) is 0.111. The molecule has 4 rings (SSSR count). The van der Waals surface area contributed by atoms with E-state index in [1.165, 1.54) is 14.2 Å². The van der Waals surface area contributed by atoms with E-state index in [4.69, 9.17) is 25.8 Å². The number of nitrogens with zero attached hydrogens (tertiary/aromatic N) is 3. The Labute approximate surface area is 272 Å². The lowest BCUT2D eigenvalue weighted by molar-refractivity contribution is -0.137. The monoisotopic (exact) mass is 677 g/mol. The molecule has 3 aromatic carbocycles. The number of ether oxygens (including phenoxy) is 3. The summed E-state index contributed by atoms with van der Waals surface area (Å²) in [6, 6.07) is 14.5. The number of anilines is 1. The van der Waals surface area contributed by atoms with E-state index in [-0.39, 0.29) is 34.1 Å². The lowest BCUT2D eigenvalue weighted by atomic mass is 10.2. The number of benzene rings is 3. The van der Waals surface area contributed by atoms with Gasteiger partial charge in [-0.05, 0) is 61.0 Å². The minimum Gasteiger partial charge on any atom is -0.497 e. The van der Waals surface area contributed by atoms with Crippen LogP contribution in [0.3, 0.4) is 0 Å². The first kappa shape index (κ1) is 34.4. The second-order valence-electron chi connectivity index (χ2n) is 9.71. The molecule has 2 amide bonds. The Hall–Kier alpha value is -4.43. The van der Waals surface area contributed by atoms with E-state index in [0.29, 0.717) is 40.9 Å². The number of hydrogen-bond acceptors (Lipinski definition) is 8. The molecular formula is C31H31ClF3N5O5S. The molecule has 0 aliphatic rings. The van der Waals surface area contributed by atoms with E-state index in [1.54, 1.807) is 47.0 Å². The first-order chi connectivity index (χ1) is 22.0. The van der Waals surface area contributed by atoms with Gasteiger partial charge in [-0.25, -0.2) is 0 Å². The van der Waals surface area contributed by atoms with Crippen molar-refractivity contribution in [1.82, 2.24) is 20.1 Å². The van der Waals surface area contributed by atoms with Crippen LogP contribution in [0.4, 0.5) is 18.9 Å². The largest absolute Gasteiger partial charge is 0.497 e. The van der Waals surface area contributed by atoms with Crippen LogP contribution in [0.5, 0.6) is 17.2 Å². The van der Waals surface area contributed by atoms with E-state index < -0.39 is 17.6 Å². The average molecular weight is 678 g/mol. The van der Waals surface area contributed by atoms with Gasteiger partial charge in [-0.3, -0.25) is 14.2 Å². The van der Waals surface area contributed by atoms with E-state index >= 15 is 0 Å². The second kappa shape index (κ2) is 15.7. The van der Waals surface area contributed by atoms with Gasteiger partial charge in [-0.2, -0.15) is 13.2 Å². The van der Waals surface area contributed by atoms with Gasteiger partial charge >= 0.3 is 6.18 Å². The lowest BCUT2D eigenvalue weighted by Crippen LogP contribution is -2.24. The number of nitrogens with one attached hydrogen (secondary N) is 2. The molecule has 0 atom stereocenters. The van der Waals surface area contributed by atoms with Crippen molar-refractivity contribution < 1.29 is 37.0 Å². The number of methoxy groups -OCH3 is 2. The van der Waals surface area contributed by atoms with Gasteiger partial charge in [0.25, 0.3) is 5.91 Å². The van der Waals surface area contributed by atoms with Crippen LogP contribution in [0.2, 0.25) is 5.02 Å². The molecule has 0 spiro atoms. The Morgan fingerprint density at radius 2 is 1.72 bits per heavy atom. The first-order valence-electron chi connectivity index (χ1n) is 14.0. The summed E-state index contributed by atoms with van der Waals surface area (Å²) in [7, 11) is 2.98. The number of thioether (sulfide) groups is 1. The van der Waals surface area contributed by atoms with Crippen molar-refractivity contribution in [3.8, 4) is 22.9 Å². The molecule has 0 aliphatic heterocycles. The van der Waals surface area contributed by atoms with Crippen molar-refractivity contribution in [3.05, 3.63) is 82.6 Å². The summed E-state index contributed by atoms with van der Waals surface area (Å²) in [5.74, 6) is 0.645. The fraction of sp³-hybridized carbons (Fsp3) is 0.290. The first-order valence-corrected chi connectivity index (χ1v) is 15.4. The van der Waals surface area contributed by atoms with Crippen LogP contribution in [-0.4, -0.2) is 53.2 Å². The summed E-state index contributed by atoms with van der Waals surface area (Å²) in [4.78, 5) is 25.8. The van der Waals surface area contributed by atoms with Gasteiger partial charge in [0, 0.05) is 11.6 Å². The molecule has 10 nitrogen and oxygen atoms in total. The number of rotatable bonds is 14. The van der Waals surface area contributed by atoms with Gasteiger partial charge in [0.05, 0.1) is 55.1 Å². The maximum atomic E-state index is 13.2. The van der Waals surface area contributed by atoms with Crippen LogP contribution in [0, 0.1) is 0 Å². The van der Waals surface area contributed by atoms with E-state index in [1.807, 2.05) is 0 Å². The van der Waals surface area contributed by atoms with Crippen molar-refractivity contribution >= 4 is 40.9 Å². The second-order valence-corrected chi connectivity index (χ2v) is 11.1. The third-order valence-corrected chi connectivity index (χ3v) is 7.78. The third kappa shape index (κ3) is 8.85. The number of alkyl halides is 3. The fourth-order valence-corrected chi connectivity index (χ4v) is 5.06. The van der Waals surface area contributed by atoms with Crippen molar-refractivity contribution in [2.45, 2.75) is 37.6 Å². The highest BCUT2D eigenvalue weighted by Crippen LogP contribution is 2.35. The predicted molar refractivity (Wildman–Crippen MR) is 168 cm³/mol. The summed E-state index contributed by atoms with van der Waals surface area (Å²) < 4.78 is 57.7. The number of carbonyl (C=O) groups excluding carboxylic acids is 2. The molecule has 0 unspecified atom stereocenters. The summed E-state index contributed by atoms with van der Waals surface area (Å²) >= 11 is 7.00. The molecule has 15 heteroatoms. The highest BCUT2D eigenvalue weighted by molar-refractivity contribution is 7.99. The van der Waals surface area contributed by atoms with Crippen LogP contribution in [0.25, 0.3) is 5.69 Å². The van der Waals surface area contributed by atoms with Gasteiger partial charge in [0.2, 0.25) is 5.91 Å². The Morgan fingerprint density at radius 1 is 0.978 bits per heavy atom. The van der Waals surface area contributed by atoms with Crippen molar-refractivity contribution in [1.29, 1.82) is 0 Å². The Balaban J connectivity index is 1.54. The molecule has 1 heterocycles. The summed E-state index contributed by atoms with van der Waals surface area (Å²) in [5.41, 5.74) is -0.254. The molecule has 2 N–H and O–H groups in total. The molecule has 244 valence electrons. The number of amides is 2. The molecule has 0 radical (unpaired) electrons. The molecule has 1 aromatic heterocycles. The standard InChI is InChI=1S/C31H31ClF3N5O5S/c1-4-5-14-45-21-9-6-19(7-10-21)29(42)36-17-27-38-39-30(40(27)25-16-22(43-2)11-13-26(25)44-3)46-18-28(41)37-24-15-20(31(33,34)35)8-12-23(24)32/h6-13,15-16H,4-5,14,17-18H2,1-3H3,(H,36,42)(H,37,41). The molecule has 0 saturated carbocycles. The van der Waals surface area contributed by atoms with Crippen LogP contribution in [0.15, 0.2) is 65.8 Å². The van der Waals surface area contributed by atoms with Crippen molar-refractivity contribution in [2.24, 2.45) is 0 Å². The summed E-state index contributed by atoms with van der Waals surface area (Å²) in [6.07, 6.45) is -2.67. The molecule has 0 aliphatic carbocycles. The van der Waals surface area contributed by atoms with Crippen LogP contribution in [-0.2, 0) is 17.5 Å². The third-order valence-electron chi connectivity index (χ3n) is 6.52. The molecule has 4 aromatic rings. The van der Waals surface area contributed by atoms with Crippen LogP contribution in [0.1, 0.15) is 41.5 Å². The Morgan fingerprint density at radius 3 is 2.39 bits per heavy atom. The molecule has 0 bridgehead atoms. The normalized spacial score (nSPS) is 11.2. The highest BCUT2D eigenvalue weighted by atomic mass is 35.5. The zero-order valence-corrected chi connectivity index (χ0v) is 26.7. The van der Waals surface area contributed by atoms with Gasteiger partial charge in [0.1, 0.15) is 17.2 Å². The Kier molecular flexibility index (Phi) is 11.8. The number of hydrogen-bond donors (Lipinski definition) is 2. The molecule has 0 saturated heterocycles. The summed E-state index contributed by atoms with van der Waals surface area (Å²) in [5, 5.41) is 13.9. The minimum atomic E-state index is -4.61. The van der Waals surface area contributed by atoms with Gasteiger partial charge in [0.15, 0.2) is 11.0 Å². The zero-order valence-electron chi connectivity index (χ0n) is 25.1. The maximum absolute atomic E-state index is 13.2. The van der Waals surface area contributed by atoms with Crippen molar-refractivity contribution in [3.63, 3.8) is 0 Å². The number of carbonyl (C=O) groups is 2. The van der Waals surface area contributed by atoms with E-state index in [9.17, 15) is 22.8 Å². The van der Waals surface area contributed by atoms with Crippen molar-refractivity contribution in [2.75, 3.05) is 31.9 Å². The smallest absolute Gasteiger partial charge is 0.416 e. The zero-order chi connectivity index (χ0) is 33.3. The van der Waals surface area contributed by atoms with E-state index in [2.05, 4.69) is 27.8 Å². The Bertz CT molecular complexity index is 1670. The van der Waals surface area contributed by atoms with Gasteiger partial charge in [-0.1, -0.05) is 36.7 Å². The number of unbranched alkanes of at least 4 members (excludes halogenated alkanes) is 1. The predicted octanol–water partition coefficient (Wildman–Crippen LogP) is 6.80. The molecule has 46 heavy (non-hydrogen) atoms. The topological polar surface area (TPSA) is 117 Å². The average Bonchev–Trinajstić information content (AvgIpc) is 3.45. The fourth-order valence-electron chi connectivity index (χ4n) is 4.13. The highest BCUT2D eigenvalue weighted by Gasteiger charge is 2.31. The maximum Gasteiger partial charge on any atom is 0.416 e. The van der Waals surface area contributed by atoms with Crippen LogP contribution >= 0.6 is 23.4 Å². The lowest BCUT2D eigenvalue weighted by Gasteiger charge is -2.15. The molecule has 0 fully saturated rings.